The quantitative estimate of drug-likeness (QED) is 0.656. The zero-order chi connectivity index (χ0) is 22.3. The van der Waals surface area contributed by atoms with Crippen molar-refractivity contribution in [2.45, 2.75) is 30.2 Å². The molecule has 1 saturated heterocycles. The van der Waals surface area contributed by atoms with Crippen LogP contribution in [0, 0.1) is 5.92 Å². The lowest BCUT2D eigenvalue weighted by atomic mass is 10.0. The Hall–Kier alpha value is -1.91. The van der Waals surface area contributed by atoms with Gasteiger partial charge in [-0.05, 0) is 41.3 Å². The highest BCUT2D eigenvalue weighted by Crippen LogP contribution is 2.33. The van der Waals surface area contributed by atoms with Gasteiger partial charge in [0.25, 0.3) is 0 Å². The Kier molecular flexibility index (Phi) is 6.05. The molecule has 0 spiro atoms. The third-order valence-electron chi connectivity index (χ3n) is 4.90. The van der Waals surface area contributed by atoms with Crippen molar-refractivity contribution in [1.82, 2.24) is 4.31 Å². The van der Waals surface area contributed by atoms with Gasteiger partial charge in [0.15, 0.2) is 9.84 Å². The van der Waals surface area contributed by atoms with Crippen molar-refractivity contribution in [3.05, 3.63) is 54.1 Å². The molecule has 0 bridgehead atoms. The van der Waals surface area contributed by atoms with Gasteiger partial charge in [0, 0.05) is 13.1 Å². The Morgan fingerprint density at radius 1 is 0.967 bits per heavy atom. The van der Waals surface area contributed by atoms with Crippen LogP contribution in [0.2, 0.25) is 0 Å². The van der Waals surface area contributed by atoms with Gasteiger partial charge in [-0.2, -0.15) is 17.5 Å². The van der Waals surface area contributed by atoms with Crippen molar-refractivity contribution in [3.8, 4) is 11.1 Å². The van der Waals surface area contributed by atoms with Gasteiger partial charge >= 0.3 is 6.18 Å². The van der Waals surface area contributed by atoms with Gasteiger partial charge in [0.2, 0.25) is 10.0 Å². The Morgan fingerprint density at radius 2 is 1.57 bits per heavy atom. The van der Waals surface area contributed by atoms with E-state index in [9.17, 15) is 30.0 Å². The summed E-state index contributed by atoms with van der Waals surface area (Å²) >= 11 is 0. The topological polar surface area (TPSA) is 71.5 Å². The van der Waals surface area contributed by atoms with E-state index in [2.05, 4.69) is 0 Å². The minimum absolute atomic E-state index is 0.0112. The zero-order valence-electron chi connectivity index (χ0n) is 16.4. The van der Waals surface area contributed by atoms with Crippen molar-refractivity contribution in [1.29, 1.82) is 0 Å². The molecular weight excluding hydrogens is 439 g/mol. The summed E-state index contributed by atoms with van der Waals surface area (Å²) in [5.41, 5.74) is -0.0236. The molecule has 0 unspecified atom stereocenters. The van der Waals surface area contributed by atoms with Crippen LogP contribution in [-0.2, 0) is 26.0 Å². The highest BCUT2D eigenvalue weighted by atomic mass is 32.2. The summed E-state index contributed by atoms with van der Waals surface area (Å²) in [7, 11) is -7.22. The van der Waals surface area contributed by atoms with Crippen molar-refractivity contribution in [3.63, 3.8) is 0 Å². The summed E-state index contributed by atoms with van der Waals surface area (Å²) in [6, 6.07) is 10.3. The van der Waals surface area contributed by atoms with Crippen LogP contribution in [0.15, 0.2) is 53.4 Å². The maximum atomic E-state index is 12.9. The first kappa shape index (κ1) is 22.8. The molecule has 0 N–H and O–H groups in total. The van der Waals surface area contributed by atoms with Crippen LogP contribution in [-0.4, -0.2) is 45.2 Å². The number of benzene rings is 2. The maximum absolute atomic E-state index is 12.9. The molecule has 10 heteroatoms. The standard InChI is InChI=1S/C20H22F3NO4S2/c1-14(2)13-29(25,26)19-11-24(12-19)30(27,28)18-8-6-15(7-9-18)16-4-3-5-17(10-16)20(21,22)23/h3-10,14,19H,11-13H2,1-2H3. The Labute approximate surface area is 174 Å². The van der Waals surface area contributed by atoms with Gasteiger partial charge in [0.1, 0.15) is 0 Å². The van der Waals surface area contributed by atoms with Crippen molar-refractivity contribution in [2.24, 2.45) is 5.92 Å². The van der Waals surface area contributed by atoms with Crippen molar-refractivity contribution >= 4 is 19.9 Å². The molecule has 2 aromatic rings. The molecule has 0 radical (unpaired) electrons. The van der Waals surface area contributed by atoms with E-state index < -0.39 is 36.9 Å². The number of nitrogens with zero attached hydrogens (tertiary/aromatic N) is 1. The summed E-state index contributed by atoms with van der Waals surface area (Å²) in [6.07, 6.45) is -4.47. The number of hydrogen-bond acceptors (Lipinski definition) is 4. The van der Waals surface area contributed by atoms with E-state index >= 15 is 0 Å². The smallest absolute Gasteiger partial charge is 0.228 e. The van der Waals surface area contributed by atoms with Crippen LogP contribution in [0.1, 0.15) is 19.4 Å². The molecule has 0 amide bonds. The van der Waals surface area contributed by atoms with Gasteiger partial charge in [-0.15, -0.1) is 0 Å². The molecular formula is C20H22F3NO4S2. The first-order valence-corrected chi connectivity index (χ1v) is 12.5. The lowest BCUT2D eigenvalue weighted by molar-refractivity contribution is -0.137. The summed E-state index contributed by atoms with van der Waals surface area (Å²) in [6.45, 7) is 3.40. The lowest BCUT2D eigenvalue weighted by Crippen LogP contribution is -2.57. The fourth-order valence-electron chi connectivity index (χ4n) is 3.27. The second-order valence-electron chi connectivity index (χ2n) is 7.77. The fourth-order valence-corrected chi connectivity index (χ4v) is 7.00. The van der Waals surface area contributed by atoms with Gasteiger partial charge in [0.05, 0.1) is 21.5 Å². The second-order valence-corrected chi connectivity index (χ2v) is 12.0. The highest BCUT2D eigenvalue weighted by molar-refractivity contribution is 7.92. The maximum Gasteiger partial charge on any atom is 0.416 e. The Balaban J connectivity index is 1.75. The van der Waals surface area contributed by atoms with Crippen LogP contribution < -0.4 is 0 Å². The van der Waals surface area contributed by atoms with Gasteiger partial charge < -0.3 is 0 Å². The number of sulfone groups is 1. The van der Waals surface area contributed by atoms with Gasteiger partial charge in [-0.3, -0.25) is 0 Å². The second kappa shape index (κ2) is 7.97. The molecule has 1 fully saturated rings. The molecule has 1 aliphatic heterocycles. The molecule has 0 atom stereocenters. The molecule has 5 nitrogen and oxygen atoms in total. The average molecular weight is 462 g/mol. The highest BCUT2D eigenvalue weighted by Gasteiger charge is 2.43. The molecule has 30 heavy (non-hydrogen) atoms. The number of rotatable bonds is 6. The Morgan fingerprint density at radius 3 is 2.10 bits per heavy atom. The third-order valence-corrected chi connectivity index (χ3v) is 9.19. The molecule has 164 valence electrons. The first-order valence-electron chi connectivity index (χ1n) is 9.30. The first-order chi connectivity index (χ1) is 13.8. The normalized spacial score (nSPS) is 16.6. The summed E-state index contributed by atoms with van der Waals surface area (Å²) < 4.78 is 89.7. The number of hydrogen-bond donors (Lipinski definition) is 0. The van der Waals surface area contributed by atoms with E-state index in [1.807, 2.05) is 0 Å². The van der Waals surface area contributed by atoms with E-state index in [4.69, 9.17) is 0 Å². The molecule has 0 aromatic heterocycles. The van der Waals surface area contributed by atoms with E-state index in [1.54, 1.807) is 13.8 Å². The van der Waals surface area contributed by atoms with E-state index in [0.717, 1.165) is 16.4 Å². The predicted molar refractivity (Wildman–Crippen MR) is 108 cm³/mol. The van der Waals surface area contributed by atoms with Crippen molar-refractivity contribution in [2.75, 3.05) is 18.8 Å². The van der Waals surface area contributed by atoms with E-state index in [1.165, 1.54) is 36.4 Å². The van der Waals surface area contributed by atoms with Crippen LogP contribution >= 0.6 is 0 Å². The molecule has 1 aliphatic rings. The lowest BCUT2D eigenvalue weighted by Gasteiger charge is -2.37. The van der Waals surface area contributed by atoms with Crippen LogP contribution in [0.4, 0.5) is 13.2 Å². The SMILES string of the molecule is CC(C)CS(=O)(=O)C1CN(S(=O)(=O)c2ccc(-c3cccc(C(F)(F)F)c3)cc2)C1. The number of alkyl halides is 3. The minimum atomic E-state index is -4.47. The summed E-state index contributed by atoms with van der Waals surface area (Å²) in [5.74, 6) is -0.0268. The Bertz CT molecular complexity index is 1120. The number of sulfonamides is 1. The summed E-state index contributed by atoms with van der Waals surface area (Å²) in [4.78, 5) is -0.0297. The molecule has 0 saturated carbocycles. The zero-order valence-corrected chi connectivity index (χ0v) is 18.1. The predicted octanol–water partition coefficient (Wildman–Crippen LogP) is 3.82. The van der Waals surface area contributed by atoms with Gasteiger partial charge in [-0.1, -0.05) is 38.1 Å². The van der Waals surface area contributed by atoms with Crippen molar-refractivity contribution < 1.29 is 30.0 Å². The minimum Gasteiger partial charge on any atom is -0.228 e. The van der Waals surface area contributed by atoms with E-state index in [-0.39, 0.29) is 29.7 Å². The summed E-state index contributed by atoms with van der Waals surface area (Å²) in [5, 5.41) is -0.709. The molecule has 1 heterocycles. The number of halogens is 3. The monoisotopic (exact) mass is 461 g/mol. The third kappa shape index (κ3) is 4.70. The molecule has 0 aliphatic carbocycles. The van der Waals surface area contributed by atoms with Crippen LogP contribution in [0.25, 0.3) is 11.1 Å². The van der Waals surface area contributed by atoms with Crippen LogP contribution in [0.5, 0.6) is 0 Å². The molecule has 2 aromatic carbocycles. The average Bonchev–Trinajstić information content (AvgIpc) is 2.58. The van der Waals surface area contributed by atoms with E-state index in [0.29, 0.717) is 11.1 Å². The molecule has 3 rings (SSSR count). The fraction of sp³-hybridized carbons (Fsp3) is 0.400. The van der Waals surface area contributed by atoms with Crippen LogP contribution in [0.3, 0.4) is 0 Å². The largest absolute Gasteiger partial charge is 0.416 e. The van der Waals surface area contributed by atoms with Gasteiger partial charge in [-0.25, -0.2) is 16.8 Å².